The first-order valence-electron chi connectivity index (χ1n) is 7.51. The second-order valence-corrected chi connectivity index (χ2v) is 4.81. The summed E-state index contributed by atoms with van der Waals surface area (Å²) in [7, 11) is 0. The van der Waals surface area contributed by atoms with Gasteiger partial charge in [0.05, 0.1) is 23.4 Å². The lowest BCUT2D eigenvalue weighted by atomic mass is 10.2. The molecule has 0 bridgehead atoms. The first kappa shape index (κ1) is 17.9. The quantitative estimate of drug-likeness (QED) is 0.342. The topological polar surface area (TPSA) is 103 Å². The van der Waals surface area contributed by atoms with E-state index in [4.69, 9.17) is 9.47 Å². The monoisotopic (exact) mass is 343 g/mol. The van der Waals surface area contributed by atoms with Gasteiger partial charge in [-0.15, -0.1) is 0 Å². The number of hydrazone groups is 1. The number of nitrogens with zero attached hydrogens (tertiary/aromatic N) is 2. The molecule has 130 valence electrons. The summed E-state index contributed by atoms with van der Waals surface area (Å²) >= 11 is 0. The predicted molar refractivity (Wildman–Crippen MR) is 92.9 cm³/mol. The van der Waals surface area contributed by atoms with E-state index in [0.717, 1.165) is 0 Å². The van der Waals surface area contributed by atoms with Gasteiger partial charge in [0.15, 0.2) is 6.61 Å². The van der Waals surface area contributed by atoms with E-state index in [-0.39, 0.29) is 12.3 Å². The smallest absolute Gasteiger partial charge is 0.344 e. The van der Waals surface area contributed by atoms with Gasteiger partial charge in [0.1, 0.15) is 5.75 Å². The number of rotatable bonds is 8. The highest BCUT2D eigenvalue weighted by molar-refractivity contribution is 5.84. The molecule has 8 nitrogen and oxygen atoms in total. The highest BCUT2D eigenvalue weighted by Crippen LogP contribution is 2.17. The number of carbonyl (C=O) groups excluding carboxylic acids is 1. The zero-order valence-corrected chi connectivity index (χ0v) is 13.5. The van der Waals surface area contributed by atoms with Crippen molar-refractivity contribution >= 4 is 23.6 Å². The lowest BCUT2D eigenvalue weighted by Gasteiger charge is -2.08. The standard InChI is InChI=1S/C17H17N3O5/c1-2-24-17(21)12-25-16-6-4-3-5-13(16)11-18-19-14-7-9-15(10-8-14)20(22)23/h3-11,19H,2,12H2,1H3/b18-11+. The van der Waals surface area contributed by atoms with E-state index in [9.17, 15) is 14.9 Å². The third-order valence-corrected chi connectivity index (χ3v) is 3.05. The lowest BCUT2D eigenvalue weighted by Crippen LogP contribution is -2.15. The highest BCUT2D eigenvalue weighted by Gasteiger charge is 2.06. The van der Waals surface area contributed by atoms with Gasteiger partial charge in [-0.05, 0) is 31.2 Å². The van der Waals surface area contributed by atoms with Crippen LogP contribution in [0.5, 0.6) is 5.75 Å². The summed E-state index contributed by atoms with van der Waals surface area (Å²) in [4.78, 5) is 21.5. The summed E-state index contributed by atoms with van der Waals surface area (Å²) < 4.78 is 10.2. The number of non-ortho nitro benzene ring substituents is 1. The molecule has 0 aliphatic heterocycles. The molecule has 0 aromatic heterocycles. The Morgan fingerprint density at radius 2 is 1.96 bits per heavy atom. The number of nitrogens with one attached hydrogen (secondary N) is 1. The summed E-state index contributed by atoms with van der Waals surface area (Å²) in [5.74, 6) is 0.0445. The Morgan fingerprint density at radius 1 is 1.24 bits per heavy atom. The van der Waals surface area contributed by atoms with Gasteiger partial charge in [-0.25, -0.2) is 4.79 Å². The molecule has 0 saturated carbocycles. The summed E-state index contributed by atoms with van der Waals surface area (Å²) in [6.45, 7) is 1.83. The minimum atomic E-state index is -0.468. The van der Waals surface area contributed by atoms with Crippen molar-refractivity contribution < 1.29 is 19.2 Å². The van der Waals surface area contributed by atoms with Gasteiger partial charge in [-0.3, -0.25) is 15.5 Å². The van der Waals surface area contributed by atoms with Crippen LogP contribution >= 0.6 is 0 Å². The van der Waals surface area contributed by atoms with Crippen molar-refractivity contribution in [3.8, 4) is 5.75 Å². The van der Waals surface area contributed by atoms with Crippen molar-refractivity contribution in [3.63, 3.8) is 0 Å². The first-order valence-corrected chi connectivity index (χ1v) is 7.51. The van der Waals surface area contributed by atoms with Crippen molar-refractivity contribution in [2.45, 2.75) is 6.92 Å². The maximum Gasteiger partial charge on any atom is 0.344 e. The fourth-order valence-corrected chi connectivity index (χ4v) is 1.89. The predicted octanol–water partition coefficient (Wildman–Crippen LogP) is 2.98. The SMILES string of the molecule is CCOC(=O)COc1ccccc1/C=N/Nc1ccc([N+](=O)[O-])cc1. The van der Waals surface area contributed by atoms with Crippen LogP contribution in [0.2, 0.25) is 0 Å². The molecule has 8 heteroatoms. The minimum absolute atomic E-state index is 0.00670. The minimum Gasteiger partial charge on any atom is -0.481 e. The summed E-state index contributed by atoms with van der Waals surface area (Å²) in [6, 6.07) is 13.0. The molecular formula is C17H17N3O5. The highest BCUT2D eigenvalue weighted by atomic mass is 16.6. The molecule has 0 amide bonds. The van der Waals surface area contributed by atoms with Crippen LogP contribution in [0.1, 0.15) is 12.5 Å². The van der Waals surface area contributed by atoms with Crippen LogP contribution in [0, 0.1) is 10.1 Å². The number of carbonyl (C=O) groups is 1. The number of ether oxygens (including phenoxy) is 2. The third-order valence-electron chi connectivity index (χ3n) is 3.05. The van der Waals surface area contributed by atoms with Crippen molar-refractivity contribution in [2.75, 3.05) is 18.6 Å². The van der Waals surface area contributed by atoms with Gasteiger partial charge in [0.25, 0.3) is 5.69 Å². The van der Waals surface area contributed by atoms with Crippen LogP contribution in [0.15, 0.2) is 53.6 Å². The number of benzene rings is 2. The molecule has 0 fully saturated rings. The Morgan fingerprint density at radius 3 is 2.64 bits per heavy atom. The van der Waals surface area contributed by atoms with Crippen molar-refractivity contribution in [1.82, 2.24) is 0 Å². The lowest BCUT2D eigenvalue weighted by molar-refractivity contribution is -0.384. The molecule has 0 saturated heterocycles. The number of para-hydroxylation sites is 1. The molecule has 0 atom stereocenters. The maximum atomic E-state index is 11.4. The largest absolute Gasteiger partial charge is 0.481 e. The Kier molecular flexibility index (Phi) is 6.47. The molecule has 0 spiro atoms. The number of nitro benzene ring substituents is 1. The third kappa shape index (κ3) is 5.61. The van der Waals surface area contributed by atoms with E-state index in [1.807, 2.05) is 6.07 Å². The number of hydrogen-bond donors (Lipinski definition) is 1. The normalized spacial score (nSPS) is 10.4. The van der Waals surface area contributed by atoms with Gasteiger partial charge < -0.3 is 9.47 Å². The zero-order valence-electron chi connectivity index (χ0n) is 13.5. The molecule has 0 radical (unpaired) electrons. The van der Waals surface area contributed by atoms with E-state index in [1.54, 1.807) is 37.3 Å². The Hall–Kier alpha value is -3.42. The average Bonchev–Trinajstić information content (AvgIpc) is 2.61. The average molecular weight is 343 g/mol. The molecule has 0 heterocycles. The number of nitro groups is 1. The van der Waals surface area contributed by atoms with Gasteiger partial charge in [-0.1, -0.05) is 12.1 Å². The second kappa shape index (κ2) is 9.02. The summed E-state index contributed by atoms with van der Waals surface area (Å²) in [6.07, 6.45) is 1.53. The molecule has 2 aromatic carbocycles. The summed E-state index contributed by atoms with van der Waals surface area (Å²) in [5.41, 5.74) is 4.05. The molecule has 0 unspecified atom stereocenters. The maximum absolute atomic E-state index is 11.4. The van der Waals surface area contributed by atoms with Crippen LogP contribution in [0.25, 0.3) is 0 Å². The fourth-order valence-electron chi connectivity index (χ4n) is 1.89. The Bertz CT molecular complexity index is 759. The van der Waals surface area contributed by atoms with Gasteiger partial charge in [-0.2, -0.15) is 5.10 Å². The van der Waals surface area contributed by atoms with Crippen molar-refractivity contribution in [2.24, 2.45) is 5.10 Å². The molecule has 2 aromatic rings. The summed E-state index contributed by atoms with van der Waals surface area (Å²) in [5, 5.41) is 14.7. The van der Waals surface area contributed by atoms with E-state index >= 15 is 0 Å². The first-order chi connectivity index (χ1) is 12.1. The molecular weight excluding hydrogens is 326 g/mol. The van der Waals surface area contributed by atoms with Crippen LogP contribution in [0.3, 0.4) is 0 Å². The van der Waals surface area contributed by atoms with Crippen molar-refractivity contribution in [3.05, 3.63) is 64.2 Å². The number of esters is 1. The number of anilines is 1. The van der Waals surface area contributed by atoms with E-state index < -0.39 is 10.9 Å². The number of hydrogen-bond acceptors (Lipinski definition) is 7. The molecule has 2 rings (SSSR count). The van der Waals surface area contributed by atoms with Gasteiger partial charge >= 0.3 is 5.97 Å². The molecule has 0 aliphatic rings. The van der Waals surface area contributed by atoms with Crippen LogP contribution in [-0.2, 0) is 9.53 Å². The zero-order chi connectivity index (χ0) is 18.1. The molecule has 0 aliphatic carbocycles. The molecule has 1 N–H and O–H groups in total. The fraction of sp³-hybridized carbons (Fsp3) is 0.176. The van der Waals surface area contributed by atoms with Crippen LogP contribution in [0.4, 0.5) is 11.4 Å². The van der Waals surface area contributed by atoms with E-state index in [1.165, 1.54) is 18.3 Å². The van der Waals surface area contributed by atoms with Crippen LogP contribution in [-0.4, -0.2) is 30.3 Å². The van der Waals surface area contributed by atoms with Gasteiger partial charge in [0, 0.05) is 17.7 Å². The van der Waals surface area contributed by atoms with Crippen molar-refractivity contribution in [1.29, 1.82) is 0 Å². The second-order valence-electron chi connectivity index (χ2n) is 4.81. The van der Waals surface area contributed by atoms with E-state index in [2.05, 4.69) is 10.5 Å². The van der Waals surface area contributed by atoms with Gasteiger partial charge in [0.2, 0.25) is 0 Å². The Balaban J connectivity index is 1.98. The van der Waals surface area contributed by atoms with E-state index in [0.29, 0.717) is 23.6 Å². The van der Waals surface area contributed by atoms with Crippen LogP contribution < -0.4 is 10.2 Å². The Labute approximate surface area is 144 Å². The molecule has 25 heavy (non-hydrogen) atoms.